The summed E-state index contributed by atoms with van der Waals surface area (Å²) >= 11 is 0. The lowest BCUT2D eigenvalue weighted by Gasteiger charge is -2.24. The highest BCUT2D eigenvalue weighted by molar-refractivity contribution is 6.45. The number of hydrogen-bond donors (Lipinski definition) is 2. The lowest BCUT2D eigenvalue weighted by Crippen LogP contribution is -2.11. The van der Waals surface area contributed by atoms with Gasteiger partial charge in [-0.3, -0.25) is 0 Å². The maximum atomic E-state index is 3.71. The number of H-pyrrole nitrogens is 2. The zero-order valence-corrected chi connectivity index (χ0v) is 18.7. The Kier molecular flexibility index (Phi) is 1.72. The molecule has 0 saturated carbocycles. The zero-order chi connectivity index (χ0) is 22.3. The van der Waals surface area contributed by atoms with Crippen molar-refractivity contribution >= 4 is 110 Å². The first-order valence-electron chi connectivity index (χ1n) is 12.7. The number of rotatable bonds is 0. The first kappa shape index (κ1) is 15.2. The van der Waals surface area contributed by atoms with Gasteiger partial charge < -0.3 is 23.2 Å². The molecule has 0 fully saturated rings. The number of nitrogens with one attached hydrogen (secondary N) is 2. The van der Waals surface area contributed by atoms with Crippen molar-refractivity contribution in [1.29, 1.82) is 0 Å². The third-order valence-electron chi connectivity index (χ3n) is 9.98. The van der Waals surface area contributed by atoms with Gasteiger partial charge >= 0.3 is 0 Å². The molecule has 5 nitrogen and oxygen atoms in total. The molecule has 162 valence electrons. The van der Waals surface area contributed by atoms with E-state index in [4.69, 9.17) is 0 Å². The number of fused-ring (bicyclic) bond motifs is 6. The number of hydrogen-bond acceptors (Lipinski definition) is 0. The van der Waals surface area contributed by atoms with E-state index in [-0.39, 0.29) is 0 Å². The van der Waals surface area contributed by atoms with E-state index in [1.807, 2.05) is 0 Å². The largest absolute Gasteiger partial charge is 0.359 e. The van der Waals surface area contributed by atoms with Crippen molar-refractivity contribution < 1.29 is 0 Å². The molecule has 1 aliphatic rings. The van der Waals surface area contributed by atoms with Crippen molar-refractivity contribution in [3.8, 4) is 0 Å². The Labute approximate surface area is 199 Å². The van der Waals surface area contributed by atoms with Gasteiger partial charge in [0, 0.05) is 60.7 Å². The van der Waals surface area contributed by atoms with Gasteiger partial charge in [-0.1, -0.05) is 6.08 Å². The van der Waals surface area contributed by atoms with Crippen molar-refractivity contribution in [2.75, 3.05) is 0 Å². The van der Waals surface area contributed by atoms with Crippen molar-refractivity contribution in [2.24, 2.45) is 0 Å². The molecule has 0 aliphatic heterocycles. The first-order chi connectivity index (χ1) is 17.9. The monoisotopic (exact) mass is 455 g/mol. The van der Waals surface area contributed by atoms with Crippen LogP contribution in [0.3, 0.4) is 0 Å². The zero-order valence-electron chi connectivity index (χ0n) is 18.7. The minimum Gasteiger partial charge on any atom is -0.359 e. The van der Waals surface area contributed by atoms with Gasteiger partial charge in [-0.15, -0.1) is 0 Å². The standard InChI is InChI=1S/C31H13N5/c1-2-12-16-5-7-19-27-23-14(10-33-27)18-6-8-20-28-22-13(9-32-28)17-4-3-15-11(1)21(12)24-29(34(15)17)25(22)31(36(18)20)26(23)30(24)35(16)19/h2-10,32-33H,1H2. The number of aromatic nitrogens is 5. The van der Waals surface area contributed by atoms with Gasteiger partial charge in [0.25, 0.3) is 0 Å². The second-order valence-corrected chi connectivity index (χ2v) is 11.1. The molecule has 36 heavy (non-hydrogen) atoms. The van der Waals surface area contributed by atoms with Crippen LogP contribution in [0.1, 0.15) is 5.56 Å². The number of benzene rings is 1. The van der Waals surface area contributed by atoms with Crippen LogP contribution >= 0.6 is 0 Å². The second kappa shape index (κ2) is 4.07. The molecule has 13 rings (SSSR count). The van der Waals surface area contributed by atoms with Gasteiger partial charge in [0.2, 0.25) is 0 Å². The summed E-state index contributed by atoms with van der Waals surface area (Å²) in [6, 6.07) is 14.0. The molecule has 2 N–H and O–H groups in total. The summed E-state index contributed by atoms with van der Waals surface area (Å²) in [6.45, 7) is 0. The van der Waals surface area contributed by atoms with E-state index in [0.717, 1.165) is 6.42 Å². The van der Waals surface area contributed by atoms with Crippen LogP contribution in [0.2, 0.25) is 0 Å². The number of pyridine rings is 6. The smallest absolute Gasteiger partial charge is 0.0713 e. The highest BCUT2D eigenvalue weighted by atomic mass is 15.0. The predicted molar refractivity (Wildman–Crippen MR) is 147 cm³/mol. The van der Waals surface area contributed by atoms with Gasteiger partial charge in [0.05, 0.1) is 60.7 Å². The van der Waals surface area contributed by atoms with Crippen LogP contribution in [0.5, 0.6) is 0 Å². The van der Waals surface area contributed by atoms with Crippen LogP contribution in [-0.4, -0.2) is 23.2 Å². The molecule has 0 bridgehead atoms. The van der Waals surface area contributed by atoms with Crippen molar-refractivity contribution in [2.45, 2.75) is 6.42 Å². The van der Waals surface area contributed by atoms with E-state index in [1.54, 1.807) is 0 Å². The van der Waals surface area contributed by atoms with Crippen molar-refractivity contribution in [3.63, 3.8) is 0 Å². The fourth-order valence-corrected chi connectivity index (χ4v) is 8.88. The second-order valence-electron chi connectivity index (χ2n) is 11.1. The first-order valence-corrected chi connectivity index (χ1v) is 12.7. The van der Waals surface area contributed by atoms with E-state index >= 15 is 0 Å². The Morgan fingerprint density at radius 2 is 1.00 bits per heavy atom. The molecule has 0 saturated heterocycles. The van der Waals surface area contributed by atoms with E-state index < -0.39 is 0 Å². The summed E-state index contributed by atoms with van der Waals surface area (Å²) in [6.07, 6.45) is 7.93. The average molecular weight is 455 g/mol. The van der Waals surface area contributed by atoms with Crippen LogP contribution < -0.4 is 5.22 Å². The summed E-state index contributed by atoms with van der Waals surface area (Å²) < 4.78 is 7.69. The fraction of sp³-hybridized carbons (Fsp3) is 0.0323. The normalized spacial score (nSPS) is 15.3. The lowest BCUT2D eigenvalue weighted by atomic mass is 9.91. The highest BCUT2D eigenvalue weighted by Crippen LogP contribution is 2.53. The van der Waals surface area contributed by atoms with Crippen LogP contribution in [0.15, 0.2) is 48.8 Å². The molecule has 12 aromatic rings. The Morgan fingerprint density at radius 1 is 0.500 bits per heavy atom. The molecule has 0 radical (unpaired) electrons. The van der Waals surface area contributed by atoms with Gasteiger partial charge in [-0.25, -0.2) is 0 Å². The third kappa shape index (κ3) is 1.09. The summed E-state index contributed by atoms with van der Waals surface area (Å²) in [4.78, 5) is 7.42. The van der Waals surface area contributed by atoms with Gasteiger partial charge in [0.15, 0.2) is 0 Å². The molecule has 0 unspecified atom stereocenters. The van der Waals surface area contributed by atoms with E-state index in [2.05, 4.69) is 78.0 Å². The molecular weight excluding hydrogens is 442 g/mol. The molecule has 5 heteroatoms. The minimum atomic E-state index is 0.994. The van der Waals surface area contributed by atoms with Crippen molar-refractivity contribution in [3.05, 3.63) is 59.6 Å². The highest BCUT2D eigenvalue weighted by Gasteiger charge is 2.33. The molecule has 1 aliphatic carbocycles. The summed E-state index contributed by atoms with van der Waals surface area (Å²) in [5.74, 6) is 0. The van der Waals surface area contributed by atoms with Crippen LogP contribution in [0, 0.1) is 0 Å². The maximum absolute atomic E-state index is 3.71. The van der Waals surface area contributed by atoms with Gasteiger partial charge in [-0.2, -0.15) is 0 Å². The number of nitrogens with zero attached hydrogens (tertiary/aromatic N) is 3. The number of aromatic amines is 2. The van der Waals surface area contributed by atoms with Crippen LogP contribution in [0.25, 0.3) is 110 Å². The molecule has 0 atom stereocenters. The average Bonchev–Trinajstić information content (AvgIpc) is 3.70. The molecular formula is C31H13N5. The molecule has 0 amide bonds. The Hall–Kier alpha value is -4.90. The summed E-state index contributed by atoms with van der Waals surface area (Å²) in [5.41, 5.74) is 16.0. The van der Waals surface area contributed by atoms with Gasteiger partial charge in [0.1, 0.15) is 0 Å². The quantitative estimate of drug-likeness (QED) is 0.192. The SMILES string of the molecule is C1=c2c3c(c4ccc5c6c[nH]c7c6c6c(c3c3c8c9c(c[nH]c9c9ccc2n93)c2ccc7n2c68)n45)C1. The summed E-state index contributed by atoms with van der Waals surface area (Å²) in [7, 11) is 0. The van der Waals surface area contributed by atoms with Crippen LogP contribution in [0.4, 0.5) is 0 Å². The van der Waals surface area contributed by atoms with E-state index in [9.17, 15) is 0 Å². The topological polar surface area (TPSA) is 44.8 Å². The fourth-order valence-electron chi connectivity index (χ4n) is 8.88. The maximum Gasteiger partial charge on any atom is 0.0713 e. The summed E-state index contributed by atoms with van der Waals surface area (Å²) in [5, 5.41) is 12.5. The van der Waals surface area contributed by atoms with E-state index in [0.29, 0.717) is 0 Å². The Balaban J connectivity index is 1.68. The van der Waals surface area contributed by atoms with Gasteiger partial charge in [-0.05, 0) is 48.4 Å². The van der Waals surface area contributed by atoms with Crippen molar-refractivity contribution in [1.82, 2.24) is 23.2 Å². The lowest BCUT2D eigenvalue weighted by molar-refractivity contribution is 1.29. The van der Waals surface area contributed by atoms with E-state index in [1.165, 1.54) is 115 Å². The molecule has 1 aromatic carbocycles. The molecule has 0 spiro atoms. The molecule has 11 heterocycles. The Morgan fingerprint density at radius 3 is 1.67 bits per heavy atom. The van der Waals surface area contributed by atoms with Crippen LogP contribution in [-0.2, 0) is 6.42 Å². The molecule has 11 aromatic heterocycles. The predicted octanol–water partition coefficient (Wildman–Crippen LogP) is 6.57. The third-order valence-corrected chi connectivity index (χ3v) is 9.98. The Bertz CT molecular complexity index is 2920. The minimum absolute atomic E-state index is 0.994.